The van der Waals surface area contributed by atoms with Gasteiger partial charge in [-0.2, -0.15) is 10.4 Å². The first-order valence-corrected chi connectivity index (χ1v) is 9.09. The molecule has 3 rings (SSSR count). The van der Waals surface area contributed by atoms with Crippen molar-refractivity contribution in [2.45, 2.75) is 19.4 Å². The van der Waals surface area contributed by atoms with Crippen LogP contribution < -0.4 is 4.74 Å². The number of aryl methyl sites for hydroxylation is 1. The number of nitrogens with zero attached hydrogens (tertiary/aromatic N) is 4. The molecule has 30 heavy (non-hydrogen) atoms. The second kappa shape index (κ2) is 9.07. The van der Waals surface area contributed by atoms with Crippen LogP contribution in [-0.2, 0) is 18.4 Å². The van der Waals surface area contributed by atoms with Crippen molar-refractivity contribution < 1.29 is 24.5 Å². The molecule has 0 fully saturated rings. The molecule has 2 heterocycles. The third-order valence-electron chi connectivity index (χ3n) is 4.57. The lowest BCUT2D eigenvalue weighted by Crippen LogP contribution is -2.13. The minimum absolute atomic E-state index is 0.00989. The summed E-state index contributed by atoms with van der Waals surface area (Å²) in [5.41, 5.74) is 2.33. The van der Waals surface area contributed by atoms with E-state index in [1.54, 1.807) is 37.4 Å². The van der Waals surface area contributed by atoms with Crippen molar-refractivity contribution in [1.29, 1.82) is 5.26 Å². The largest absolute Gasteiger partial charge is 0.514 e. The molecule has 0 aliphatic heterocycles. The number of carbonyl (C=O) groups is 1. The zero-order valence-electron chi connectivity index (χ0n) is 16.4. The molecule has 0 bridgehead atoms. The van der Waals surface area contributed by atoms with Crippen molar-refractivity contribution >= 4 is 6.16 Å². The van der Waals surface area contributed by atoms with Crippen LogP contribution in [0.15, 0.2) is 42.6 Å². The molecule has 1 aromatic carbocycles. The Morgan fingerprint density at radius 1 is 1.27 bits per heavy atom. The highest BCUT2D eigenvalue weighted by Gasteiger charge is 2.17. The van der Waals surface area contributed by atoms with E-state index in [1.165, 1.54) is 16.9 Å². The topological polar surface area (TPSA) is 130 Å². The summed E-state index contributed by atoms with van der Waals surface area (Å²) in [7, 11) is 1.68. The lowest BCUT2D eigenvalue weighted by Gasteiger charge is -2.10. The molecule has 0 saturated heterocycles. The van der Waals surface area contributed by atoms with Crippen LogP contribution in [0.25, 0.3) is 11.3 Å². The summed E-state index contributed by atoms with van der Waals surface area (Å²) in [6.45, 7) is 1.79. The number of aliphatic hydroxyl groups is 1. The highest BCUT2D eigenvalue weighted by Crippen LogP contribution is 2.26. The highest BCUT2D eigenvalue weighted by molar-refractivity contribution is 5.66. The van der Waals surface area contributed by atoms with E-state index in [4.69, 9.17) is 14.7 Å². The molecule has 0 aliphatic carbocycles. The fraction of sp³-hybridized carbons (Fsp3) is 0.238. The second-order valence-electron chi connectivity index (χ2n) is 6.60. The molecule has 9 heteroatoms. The predicted octanol–water partition coefficient (Wildman–Crippen LogP) is 2.87. The van der Waals surface area contributed by atoms with E-state index in [9.17, 15) is 15.0 Å². The first-order valence-electron chi connectivity index (χ1n) is 9.09. The van der Waals surface area contributed by atoms with Gasteiger partial charge in [0.2, 0.25) is 0 Å². The third-order valence-corrected chi connectivity index (χ3v) is 4.57. The average molecular weight is 408 g/mol. The maximum atomic E-state index is 12.1. The molecule has 0 spiro atoms. The smallest absolute Gasteiger partial charge is 0.505 e. The normalized spacial score (nSPS) is 11.5. The molecule has 0 saturated carbocycles. The molecule has 0 unspecified atom stereocenters. The Kier molecular flexibility index (Phi) is 6.29. The number of pyridine rings is 1. The zero-order chi connectivity index (χ0) is 21.7. The van der Waals surface area contributed by atoms with Crippen LogP contribution in [0.3, 0.4) is 0 Å². The van der Waals surface area contributed by atoms with E-state index < -0.39 is 6.16 Å². The van der Waals surface area contributed by atoms with Gasteiger partial charge in [-0.1, -0.05) is 19.1 Å². The maximum Gasteiger partial charge on any atom is 0.514 e. The summed E-state index contributed by atoms with van der Waals surface area (Å²) in [6, 6.07) is 11.5. The summed E-state index contributed by atoms with van der Waals surface area (Å²) in [5.74, 6) is 0.0909. The number of hydrogen-bond acceptors (Lipinski definition) is 8. The minimum atomic E-state index is -0.888. The van der Waals surface area contributed by atoms with Crippen molar-refractivity contribution in [3.8, 4) is 28.8 Å². The first kappa shape index (κ1) is 20.8. The lowest BCUT2D eigenvalue weighted by atomic mass is 10.0. The molecule has 2 aromatic heterocycles. The van der Waals surface area contributed by atoms with Gasteiger partial charge in [-0.3, -0.25) is 4.68 Å². The molecule has 9 nitrogen and oxygen atoms in total. The van der Waals surface area contributed by atoms with E-state index in [2.05, 4.69) is 10.1 Å². The van der Waals surface area contributed by atoms with Crippen LogP contribution in [0.2, 0.25) is 0 Å². The summed E-state index contributed by atoms with van der Waals surface area (Å²) in [6.07, 6.45) is 0.646. The Balaban J connectivity index is 1.68. The van der Waals surface area contributed by atoms with Crippen LogP contribution in [0.5, 0.6) is 11.5 Å². The van der Waals surface area contributed by atoms with Gasteiger partial charge in [-0.05, 0) is 29.8 Å². The van der Waals surface area contributed by atoms with Gasteiger partial charge in [0, 0.05) is 25.1 Å². The number of aliphatic hydroxyl groups excluding tert-OH is 1. The molecular weight excluding hydrogens is 388 g/mol. The quantitative estimate of drug-likeness (QED) is 0.470. The number of ether oxygens (including phenoxy) is 2. The van der Waals surface area contributed by atoms with E-state index >= 15 is 0 Å². The zero-order valence-corrected chi connectivity index (χ0v) is 16.4. The standard InChI is InChI=1S/C21H20N4O5/c1-13(11-26)14-3-5-15(6-4-14)30-21(28)29-12-19-16(10-23-25(19)2)17-7-8-20(27)18(9-22)24-17/h3-8,10,13,26-27H,11-12H2,1-2H3/t13-/m1/s1. The molecule has 0 radical (unpaired) electrons. The van der Waals surface area contributed by atoms with Gasteiger partial charge in [0.15, 0.2) is 11.4 Å². The van der Waals surface area contributed by atoms with E-state index in [0.717, 1.165) is 5.56 Å². The Morgan fingerprint density at radius 3 is 2.67 bits per heavy atom. The Morgan fingerprint density at radius 2 is 2.00 bits per heavy atom. The number of nitriles is 1. The molecule has 1 atom stereocenters. The van der Waals surface area contributed by atoms with E-state index in [0.29, 0.717) is 22.7 Å². The number of hydrogen-bond donors (Lipinski definition) is 2. The van der Waals surface area contributed by atoms with Crippen molar-refractivity contribution in [2.24, 2.45) is 7.05 Å². The van der Waals surface area contributed by atoms with Crippen LogP contribution in [0.4, 0.5) is 4.79 Å². The first-order chi connectivity index (χ1) is 14.4. The number of benzene rings is 1. The number of aromatic nitrogens is 3. The number of rotatable bonds is 6. The summed E-state index contributed by atoms with van der Waals surface area (Å²) in [5, 5.41) is 32.0. The van der Waals surface area contributed by atoms with Crippen molar-refractivity contribution in [2.75, 3.05) is 6.61 Å². The van der Waals surface area contributed by atoms with Gasteiger partial charge < -0.3 is 19.7 Å². The lowest BCUT2D eigenvalue weighted by molar-refractivity contribution is 0.0907. The summed E-state index contributed by atoms with van der Waals surface area (Å²) >= 11 is 0. The second-order valence-corrected chi connectivity index (χ2v) is 6.60. The van der Waals surface area contributed by atoms with Gasteiger partial charge in [0.1, 0.15) is 18.4 Å². The van der Waals surface area contributed by atoms with E-state index in [1.807, 2.05) is 13.0 Å². The summed E-state index contributed by atoms with van der Waals surface area (Å²) < 4.78 is 11.9. The van der Waals surface area contributed by atoms with Gasteiger partial charge in [-0.25, -0.2) is 9.78 Å². The summed E-state index contributed by atoms with van der Waals surface area (Å²) in [4.78, 5) is 16.2. The molecular formula is C21H20N4O5. The maximum absolute atomic E-state index is 12.1. The fourth-order valence-corrected chi connectivity index (χ4v) is 2.75. The van der Waals surface area contributed by atoms with E-state index in [-0.39, 0.29) is 30.6 Å². The Hall–Kier alpha value is -3.90. The minimum Gasteiger partial charge on any atom is -0.505 e. The molecule has 2 N–H and O–H groups in total. The Bertz CT molecular complexity index is 1090. The van der Waals surface area contributed by atoms with Gasteiger partial charge >= 0.3 is 6.16 Å². The van der Waals surface area contributed by atoms with Crippen molar-refractivity contribution in [3.63, 3.8) is 0 Å². The van der Waals surface area contributed by atoms with Crippen LogP contribution >= 0.6 is 0 Å². The SMILES string of the molecule is C[C@H](CO)c1ccc(OC(=O)OCc2c(-c3ccc(O)c(C#N)n3)cnn2C)cc1. The molecule has 0 amide bonds. The van der Waals surface area contributed by atoms with Crippen LogP contribution in [0.1, 0.15) is 29.8 Å². The predicted molar refractivity (Wildman–Crippen MR) is 106 cm³/mol. The average Bonchev–Trinajstić information content (AvgIpc) is 3.13. The number of carbonyl (C=O) groups excluding carboxylic acids is 1. The Labute approximate surface area is 172 Å². The van der Waals surface area contributed by atoms with Gasteiger partial charge in [0.05, 0.1) is 17.6 Å². The van der Waals surface area contributed by atoms with Gasteiger partial charge in [-0.15, -0.1) is 0 Å². The highest BCUT2D eigenvalue weighted by atomic mass is 16.7. The molecule has 3 aromatic rings. The van der Waals surface area contributed by atoms with Crippen molar-refractivity contribution in [1.82, 2.24) is 14.8 Å². The number of aromatic hydroxyl groups is 1. The molecule has 154 valence electrons. The molecule has 0 aliphatic rings. The van der Waals surface area contributed by atoms with Crippen LogP contribution in [-0.4, -0.2) is 37.7 Å². The van der Waals surface area contributed by atoms with Crippen LogP contribution in [0, 0.1) is 11.3 Å². The fourth-order valence-electron chi connectivity index (χ4n) is 2.75. The van der Waals surface area contributed by atoms with Crippen molar-refractivity contribution in [3.05, 3.63) is 59.5 Å². The monoisotopic (exact) mass is 408 g/mol. The van der Waals surface area contributed by atoms with Gasteiger partial charge in [0.25, 0.3) is 0 Å². The third kappa shape index (κ3) is 4.56.